The minimum atomic E-state index is -0.594. The minimum Gasteiger partial charge on any atom is -0.392 e. The van der Waals surface area contributed by atoms with E-state index < -0.39 is 6.29 Å². The fourth-order valence-corrected chi connectivity index (χ4v) is 5.08. The van der Waals surface area contributed by atoms with Crippen LogP contribution in [0.5, 0.6) is 0 Å². The van der Waals surface area contributed by atoms with Crippen molar-refractivity contribution in [2.75, 3.05) is 38.2 Å². The van der Waals surface area contributed by atoms with Gasteiger partial charge in [-0.3, -0.25) is 4.90 Å². The third-order valence-electron chi connectivity index (χ3n) is 7.38. The lowest BCUT2D eigenvalue weighted by atomic mass is 9.90. The average Bonchev–Trinajstić information content (AvgIpc) is 2.98. The van der Waals surface area contributed by atoms with E-state index in [2.05, 4.69) is 22.5 Å². The lowest BCUT2D eigenvalue weighted by Gasteiger charge is -2.43. The Labute approximate surface area is 229 Å². The van der Waals surface area contributed by atoms with E-state index >= 15 is 0 Å². The smallest absolute Gasteiger partial charge is 0.319 e. The first-order valence-corrected chi connectivity index (χ1v) is 13.6. The largest absolute Gasteiger partial charge is 0.392 e. The molecule has 2 aliphatic rings. The van der Waals surface area contributed by atoms with E-state index in [1.807, 2.05) is 78.9 Å². The molecule has 0 aliphatic carbocycles. The van der Waals surface area contributed by atoms with Gasteiger partial charge in [0.1, 0.15) is 0 Å². The van der Waals surface area contributed by atoms with Crippen LogP contribution in [0.3, 0.4) is 0 Å². The van der Waals surface area contributed by atoms with E-state index in [9.17, 15) is 9.90 Å². The van der Waals surface area contributed by atoms with Gasteiger partial charge in [-0.25, -0.2) is 4.79 Å². The van der Waals surface area contributed by atoms with Crippen LogP contribution >= 0.6 is 0 Å². The van der Waals surface area contributed by atoms with E-state index in [1.165, 1.54) is 0 Å². The van der Waals surface area contributed by atoms with Gasteiger partial charge >= 0.3 is 6.03 Å². The zero-order valence-electron chi connectivity index (χ0n) is 22.3. The quantitative estimate of drug-likeness (QED) is 0.393. The summed E-state index contributed by atoms with van der Waals surface area (Å²) in [5, 5.41) is 15.3. The molecule has 3 N–H and O–H groups in total. The van der Waals surface area contributed by atoms with Crippen molar-refractivity contribution in [1.82, 2.24) is 10.2 Å². The van der Waals surface area contributed by atoms with Gasteiger partial charge in [0.25, 0.3) is 0 Å². The Bertz CT molecular complexity index is 1200. The summed E-state index contributed by atoms with van der Waals surface area (Å²) >= 11 is 0. The van der Waals surface area contributed by atoms with E-state index in [-0.39, 0.29) is 30.8 Å². The molecule has 8 nitrogen and oxygen atoms in total. The summed E-state index contributed by atoms with van der Waals surface area (Å²) in [4.78, 5) is 14.9. The maximum absolute atomic E-state index is 12.6. The number of carbonyl (C=O) groups excluding carboxylic acids is 1. The van der Waals surface area contributed by atoms with E-state index in [0.717, 1.165) is 55.1 Å². The molecule has 4 unspecified atom stereocenters. The zero-order chi connectivity index (χ0) is 27.0. The Hall–Kier alpha value is -3.27. The summed E-state index contributed by atoms with van der Waals surface area (Å²) in [6, 6.07) is 25.1. The number of benzene rings is 3. The highest BCUT2D eigenvalue weighted by molar-refractivity contribution is 5.89. The molecule has 0 aromatic heterocycles. The second-order valence-corrected chi connectivity index (χ2v) is 10.2. The number of morpholine rings is 1. The Morgan fingerprint density at radius 2 is 1.69 bits per heavy atom. The van der Waals surface area contributed by atoms with Crippen LogP contribution in [-0.2, 0) is 27.4 Å². The second kappa shape index (κ2) is 13.2. The number of ether oxygens (including phenoxy) is 3. The number of aliphatic hydroxyl groups excluding tert-OH is 1. The normalized spacial score (nSPS) is 23.7. The Morgan fingerprint density at radius 1 is 0.923 bits per heavy atom. The van der Waals surface area contributed by atoms with Gasteiger partial charge in [0.15, 0.2) is 6.29 Å². The summed E-state index contributed by atoms with van der Waals surface area (Å²) in [5.41, 5.74) is 4.45. The molecule has 8 heteroatoms. The van der Waals surface area contributed by atoms with Crippen LogP contribution in [0.15, 0.2) is 78.9 Å². The van der Waals surface area contributed by atoms with Crippen LogP contribution in [0.1, 0.15) is 41.6 Å². The Kier molecular flexibility index (Phi) is 9.23. The van der Waals surface area contributed by atoms with E-state index in [0.29, 0.717) is 12.2 Å². The van der Waals surface area contributed by atoms with Gasteiger partial charge in [-0.15, -0.1) is 0 Å². The summed E-state index contributed by atoms with van der Waals surface area (Å²) in [6.07, 6.45) is -0.840. The molecule has 4 atom stereocenters. The molecule has 0 spiro atoms. The number of nitrogens with zero attached hydrogens (tertiary/aromatic N) is 1. The van der Waals surface area contributed by atoms with Crippen molar-refractivity contribution in [3.63, 3.8) is 0 Å². The molecule has 0 radical (unpaired) electrons. The molecule has 39 heavy (non-hydrogen) atoms. The summed E-state index contributed by atoms with van der Waals surface area (Å²) in [7, 11) is 0. The first-order valence-electron chi connectivity index (χ1n) is 13.6. The molecule has 2 fully saturated rings. The SMILES string of the molecule is CC1C(CN2CCOCC2)OC(c2cccc(NC(=O)NCc3ccccc3)c2)OC1c1ccc(CO)cc1. The standard InChI is InChI=1S/C31H37N3O5/c1-22-28(20-34-14-16-37-17-15-34)38-30(39-29(22)25-12-10-24(21-35)11-13-25)26-8-5-9-27(18-26)33-31(36)32-19-23-6-3-2-4-7-23/h2-13,18,22,28-30,35H,14-17,19-21H2,1H3,(H2,32,33,36). The molecule has 3 aromatic carbocycles. The van der Waals surface area contributed by atoms with Crippen molar-refractivity contribution in [1.29, 1.82) is 0 Å². The van der Waals surface area contributed by atoms with E-state index in [1.54, 1.807) is 0 Å². The lowest BCUT2D eigenvalue weighted by molar-refractivity contribution is -0.277. The van der Waals surface area contributed by atoms with Gasteiger partial charge in [-0.05, 0) is 28.8 Å². The molecule has 2 heterocycles. The zero-order valence-corrected chi connectivity index (χ0v) is 22.3. The van der Waals surface area contributed by atoms with Gasteiger partial charge in [-0.1, -0.05) is 73.7 Å². The fourth-order valence-electron chi connectivity index (χ4n) is 5.08. The van der Waals surface area contributed by atoms with Crippen LogP contribution in [0.4, 0.5) is 10.5 Å². The molecule has 206 valence electrons. The Balaban J connectivity index is 1.31. The maximum Gasteiger partial charge on any atom is 0.319 e. The highest BCUT2D eigenvalue weighted by Gasteiger charge is 2.39. The summed E-state index contributed by atoms with van der Waals surface area (Å²) in [6.45, 7) is 6.62. The van der Waals surface area contributed by atoms with Crippen molar-refractivity contribution >= 4 is 11.7 Å². The summed E-state index contributed by atoms with van der Waals surface area (Å²) in [5.74, 6) is 0.106. The van der Waals surface area contributed by atoms with Crippen LogP contribution < -0.4 is 10.6 Å². The lowest BCUT2D eigenvalue weighted by Crippen LogP contribution is -2.47. The van der Waals surface area contributed by atoms with Crippen molar-refractivity contribution in [3.8, 4) is 0 Å². The maximum atomic E-state index is 12.6. The number of urea groups is 1. The number of hydrogen-bond acceptors (Lipinski definition) is 6. The second-order valence-electron chi connectivity index (χ2n) is 10.2. The molecule has 2 saturated heterocycles. The summed E-state index contributed by atoms with van der Waals surface area (Å²) < 4.78 is 18.7. The molecule has 3 aromatic rings. The van der Waals surface area contributed by atoms with Crippen molar-refractivity contribution < 1.29 is 24.1 Å². The fraction of sp³-hybridized carbons (Fsp3) is 0.387. The van der Waals surface area contributed by atoms with Crippen LogP contribution in [0.2, 0.25) is 0 Å². The molecular weight excluding hydrogens is 494 g/mol. The third-order valence-corrected chi connectivity index (χ3v) is 7.38. The number of hydrogen-bond donors (Lipinski definition) is 3. The molecular formula is C31H37N3O5. The van der Waals surface area contributed by atoms with Gasteiger partial charge < -0.3 is 30.0 Å². The average molecular weight is 532 g/mol. The first kappa shape index (κ1) is 27.3. The molecule has 0 saturated carbocycles. The van der Waals surface area contributed by atoms with Crippen molar-refractivity contribution in [2.24, 2.45) is 5.92 Å². The van der Waals surface area contributed by atoms with Gasteiger partial charge in [0, 0.05) is 43.3 Å². The third kappa shape index (κ3) is 7.23. The Morgan fingerprint density at radius 3 is 2.44 bits per heavy atom. The number of anilines is 1. The molecule has 0 bridgehead atoms. The first-order chi connectivity index (χ1) is 19.1. The van der Waals surface area contributed by atoms with Crippen LogP contribution in [0, 0.1) is 5.92 Å². The number of carbonyl (C=O) groups is 1. The number of aliphatic hydroxyl groups is 1. The molecule has 5 rings (SSSR count). The number of amides is 2. The molecule has 2 amide bonds. The predicted octanol–water partition coefficient (Wildman–Crippen LogP) is 4.62. The van der Waals surface area contributed by atoms with Crippen LogP contribution in [0.25, 0.3) is 0 Å². The van der Waals surface area contributed by atoms with E-state index in [4.69, 9.17) is 14.2 Å². The predicted molar refractivity (Wildman–Crippen MR) is 149 cm³/mol. The highest BCUT2D eigenvalue weighted by Crippen LogP contribution is 2.42. The number of rotatable bonds is 8. The van der Waals surface area contributed by atoms with Crippen molar-refractivity contribution in [3.05, 3.63) is 101 Å². The molecule has 2 aliphatic heterocycles. The highest BCUT2D eigenvalue weighted by atomic mass is 16.7. The number of nitrogens with one attached hydrogen (secondary N) is 2. The van der Waals surface area contributed by atoms with Gasteiger partial charge in [0.05, 0.1) is 32.0 Å². The van der Waals surface area contributed by atoms with Crippen LogP contribution in [-0.4, -0.2) is 55.0 Å². The van der Waals surface area contributed by atoms with Gasteiger partial charge in [-0.2, -0.15) is 0 Å². The minimum absolute atomic E-state index is 0.00542. The monoisotopic (exact) mass is 531 g/mol. The van der Waals surface area contributed by atoms with Gasteiger partial charge in [0.2, 0.25) is 0 Å². The topological polar surface area (TPSA) is 92.3 Å². The van der Waals surface area contributed by atoms with Crippen molar-refractivity contribution in [2.45, 2.75) is 38.6 Å².